The minimum absolute atomic E-state index is 0.0200. The van der Waals surface area contributed by atoms with E-state index in [1.54, 1.807) is 12.1 Å². The fourth-order valence-electron chi connectivity index (χ4n) is 1.44. The van der Waals surface area contributed by atoms with Gasteiger partial charge in [0.1, 0.15) is 9.84 Å². The van der Waals surface area contributed by atoms with Gasteiger partial charge >= 0.3 is 0 Å². The highest BCUT2D eigenvalue weighted by Gasteiger charge is 2.14. The van der Waals surface area contributed by atoms with Crippen LogP contribution in [0.25, 0.3) is 0 Å². The van der Waals surface area contributed by atoms with Gasteiger partial charge in [-0.25, -0.2) is 8.42 Å². The van der Waals surface area contributed by atoms with Gasteiger partial charge in [0.2, 0.25) is 0 Å². The van der Waals surface area contributed by atoms with Crippen LogP contribution in [0, 0.1) is 0 Å². The van der Waals surface area contributed by atoms with E-state index in [1.807, 2.05) is 12.1 Å². The fourth-order valence-corrected chi connectivity index (χ4v) is 2.51. The minimum atomic E-state index is -3.03. The molecular weight excluding hydrogens is 248 g/mol. The molecule has 0 radical (unpaired) electrons. The molecule has 0 bridgehead atoms. The number of nitrogens with two attached hydrogens (primary N) is 1. The SMILES string of the molecule is CS(=O)(=O)CC(Cc1ccc(Cl)cc1)NN. The van der Waals surface area contributed by atoms with Gasteiger partial charge in [0.15, 0.2) is 0 Å². The predicted molar refractivity (Wildman–Crippen MR) is 66.0 cm³/mol. The Morgan fingerprint density at radius 2 is 1.94 bits per heavy atom. The van der Waals surface area contributed by atoms with Gasteiger partial charge < -0.3 is 0 Å². The first-order valence-electron chi connectivity index (χ1n) is 4.79. The van der Waals surface area contributed by atoms with Crippen molar-refractivity contribution in [3.05, 3.63) is 34.9 Å². The molecule has 3 N–H and O–H groups in total. The number of hydrazine groups is 1. The standard InChI is InChI=1S/C10H15ClN2O2S/c1-16(14,15)7-10(13-12)6-8-2-4-9(11)5-3-8/h2-5,10,13H,6-7,12H2,1H3. The summed E-state index contributed by atoms with van der Waals surface area (Å²) in [6, 6.07) is 6.97. The summed E-state index contributed by atoms with van der Waals surface area (Å²) in [5.41, 5.74) is 3.51. The van der Waals surface area contributed by atoms with Gasteiger partial charge in [-0.1, -0.05) is 23.7 Å². The summed E-state index contributed by atoms with van der Waals surface area (Å²) in [5.74, 6) is 5.34. The molecule has 0 heterocycles. The lowest BCUT2D eigenvalue weighted by Crippen LogP contribution is -2.41. The van der Waals surface area contributed by atoms with Crippen LogP contribution in [-0.2, 0) is 16.3 Å². The summed E-state index contributed by atoms with van der Waals surface area (Å²) in [7, 11) is -3.03. The number of rotatable bonds is 5. The third-order valence-corrected chi connectivity index (χ3v) is 3.39. The van der Waals surface area contributed by atoms with Crippen molar-refractivity contribution in [2.24, 2.45) is 5.84 Å². The maximum atomic E-state index is 11.1. The molecule has 0 saturated heterocycles. The van der Waals surface area contributed by atoms with E-state index in [4.69, 9.17) is 17.4 Å². The molecule has 1 unspecified atom stereocenters. The van der Waals surface area contributed by atoms with Crippen LogP contribution in [0.15, 0.2) is 24.3 Å². The molecule has 1 aromatic rings. The second-order valence-corrected chi connectivity index (χ2v) is 6.41. The molecule has 0 aromatic heterocycles. The number of nitrogens with one attached hydrogen (secondary N) is 1. The molecule has 0 spiro atoms. The van der Waals surface area contributed by atoms with Crippen LogP contribution in [0.2, 0.25) is 5.02 Å². The van der Waals surface area contributed by atoms with Gasteiger partial charge in [-0.05, 0) is 24.1 Å². The highest BCUT2D eigenvalue weighted by atomic mass is 35.5. The smallest absolute Gasteiger partial charge is 0.149 e. The van der Waals surface area contributed by atoms with E-state index < -0.39 is 9.84 Å². The number of halogens is 1. The second kappa shape index (κ2) is 5.63. The Bertz CT molecular complexity index is 431. The van der Waals surface area contributed by atoms with Crippen molar-refractivity contribution in [1.29, 1.82) is 0 Å². The van der Waals surface area contributed by atoms with Gasteiger partial charge in [0, 0.05) is 17.3 Å². The minimum Gasteiger partial charge on any atom is -0.271 e. The van der Waals surface area contributed by atoms with Crippen molar-refractivity contribution < 1.29 is 8.42 Å². The molecule has 90 valence electrons. The third kappa shape index (κ3) is 4.94. The Balaban J connectivity index is 2.67. The highest BCUT2D eigenvalue weighted by Crippen LogP contribution is 2.11. The van der Waals surface area contributed by atoms with Crippen LogP contribution in [-0.4, -0.2) is 26.5 Å². The van der Waals surface area contributed by atoms with Crippen molar-refractivity contribution in [2.45, 2.75) is 12.5 Å². The Kier molecular flexibility index (Phi) is 4.73. The van der Waals surface area contributed by atoms with Gasteiger partial charge in [-0.2, -0.15) is 0 Å². The van der Waals surface area contributed by atoms with Gasteiger partial charge in [0.05, 0.1) is 5.75 Å². The lowest BCUT2D eigenvalue weighted by atomic mass is 10.1. The number of sulfone groups is 1. The summed E-state index contributed by atoms with van der Waals surface area (Å²) in [4.78, 5) is 0. The van der Waals surface area contributed by atoms with Crippen molar-refractivity contribution in [3.63, 3.8) is 0 Å². The molecule has 0 aliphatic carbocycles. The Morgan fingerprint density at radius 3 is 2.38 bits per heavy atom. The van der Waals surface area contributed by atoms with Crippen LogP contribution >= 0.6 is 11.6 Å². The molecule has 1 aromatic carbocycles. The molecule has 1 rings (SSSR count). The molecule has 0 saturated carbocycles. The van der Waals surface area contributed by atoms with E-state index in [9.17, 15) is 8.42 Å². The first kappa shape index (κ1) is 13.4. The van der Waals surface area contributed by atoms with Gasteiger partial charge in [0.25, 0.3) is 0 Å². The third-order valence-electron chi connectivity index (χ3n) is 2.13. The number of hydrogen-bond acceptors (Lipinski definition) is 4. The fraction of sp³-hybridized carbons (Fsp3) is 0.400. The molecule has 0 aliphatic rings. The molecule has 0 aliphatic heterocycles. The maximum absolute atomic E-state index is 11.1. The van der Waals surface area contributed by atoms with Gasteiger partial charge in [-0.3, -0.25) is 11.3 Å². The van der Waals surface area contributed by atoms with Crippen molar-refractivity contribution in [1.82, 2.24) is 5.43 Å². The highest BCUT2D eigenvalue weighted by molar-refractivity contribution is 7.90. The lowest BCUT2D eigenvalue weighted by molar-refractivity contribution is 0.546. The summed E-state index contributed by atoms with van der Waals surface area (Å²) in [6.07, 6.45) is 1.75. The van der Waals surface area contributed by atoms with Crippen molar-refractivity contribution in [3.8, 4) is 0 Å². The topological polar surface area (TPSA) is 72.2 Å². The van der Waals surface area contributed by atoms with Crippen LogP contribution in [0.4, 0.5) is 0 Å². The zero-order valence-corrected chi connectivity index (χ0v) is 10.6. The summed E-state index contributed by atoms with van der Waals surface area (Å²) < 4.78 is 22.3. The molecule has 6 heteroatoms. The van der Waals surface area contributed by atoms with Crippen molar-refractivity contribution >= 4 is 21.4 Å². The summed E-state index contributed by atoms with van der Waals surface area (Å²) in [5, 5.41) is 0.657. The number of hydrogen-bond donors (Lipinski definition) is 2. The molecule has 0 amide bonds. The monoisotopic (exact) mass is 262 g/mol. The quantitative estimate of drug-likeness (QED) is 0.607. The normalized spacial score (nSPS) is 13.7. The Hall–Kier alpha value is -0.620. The lowest BCUT2D eigenvalue weighted by Gasteiger charge is -2.14. The van der Waals surface area contributed by atoms with E-state index in [0.29, 0.717) is 11.4 Å². The van der Waals surface area contributed by atoms with E-state index in [2.05, 4.69) is 5.43 Å². The first-order chi connectivity index (χ1) is 7.40. The number of benzene rings is 1. The predicted octanol–water partition coefficient (Wildman–Crippen LogP) is 0.759. The summed E-state index contributed by atoms with van der Waals surface area (Å²) in [6.45, 7) is 0. The maximum Gasteiger partial charge on any atom is 0.149 e. The Morgan fingerprint density at radius 1 is 1.38 bits per heavy atom. The van der Waals surface area contributed by atoms with E-state index in [-0.39, 0.29) is 11.8 Å². The van der Waals surface area contributed by atoms with Crippen LogP contribution in [0.1, 0.15) is 5.56 Å². The van der Waals surface area contributed by atoms with Gasteiger partial charge in [-0.15, -0.1) is 0 Å². The summed E-state index contributed by atoms with van der Waals surface area (Å²) >= 11 is 5.75. The largest absolute Gasteiger partial charge is 0.271 e. The molecule has 16 heavy (non-hydrogen) atoms. The van der Waals surface area contributed by atoms with Crippen molar-refractivity contribution in [2.75, 3.05) is 12.0 Å². The average Bonchev–Trinajstić information content (AvgIpc) is 2.18. The average molecular weight is 263 g/mol. The zero-order valence-electron chi connectivity index (χ0n) is 8.98. The zero-order chi connectivity index (χ0) is 12.2. The first-order valence-corrected chi connectivity index (χ1v) is 7.23. The van der Waals surface area contributed by atoms with Crippen LogP contribution < -0.4 is 11.3 Å². The van der Waals surface area contributed by atoms with E-state index >= 15 is 0 Å². The molecule has 4 nitrogen and oxygen atoms in total. The Labute approximate surface area is 101 Å². The van der Waals surface area contributed by atoms with Crippen LogP contribution in [0.5, 0.6) is 0 Å². The second-order valence-electron chi connectivity index (χ2n) is 3.79. The van der Waals surface area contributed by atoms with E-state index in [1.165, 1.54) is 6.26 Å². The molecule has 0 fully saturated rings. The van der Waals surface area contributed by atoms with Crippen LogP contribution in [0.3, 0.4) is 0 Å². The van der Waals surface area contributed by atoms with E-state index in [0.717, 1.165) is 5.56 Å². The molecular formula is C10H15ClN2O2S. The molecule has 1 atom stereocenters.